The molecule has 4 rings (SSSR count). The third-order valence-corrected chi connectivity index (χ3v) is 4.41. The molecule has 2 amide bonds. The smallest absolute Gasteiger partial charge is 0.315 e. The highest BCUT2D eigenvalue weighted by Gasteiger charge is 2.26. The third kappa shape index (κ3) is 2.95. The van der Waals surface area contributed by atoms with E-state index in [-0.39, 0.29) is 18.1 Å². The molecule has 0 spiro atoms. The summed E-state index contributed by atoms with van der Waals surface area (Å²) in [6, 6.07) is 2.08. The second kappa shape index (κ2) is 6.19. The lowest BCUT2D eigenvalue weighted by atomic mass is 10.2. The SMILES string of the molecule is CC(C)NC(=O)NC1CCN(c2nc[nH]c3cnc4nccc4c23)C1. The van der Waals surface area contributed by atoms with Crippen LogP contribution in [0.5, 0.6) is 0 Å². The molecule has 0 aliphatic carbocycles. The van der Waals surface area contributed by atoms with Gasteiger partial charge in [-0.15, -0.1) is 0 Å². The molecule has 3 N–H and O–H groups in total. The van der Waals surface area contributed by atoms with E-state index < -0.39 is 0 Å². The number of pyridine rings is 1. The van der Waals surface area contributed by atoms with E-state index in [9.17, 15) is 4.79 Å². The maximum absolute atomic E-state index is 11.9. The van der Waals surface area contributed by atoms with Crippen molar-refractivity contribution in [1.29, 1.82) is 0 Å². The molecule has 3 aromatic heterocycles. The molecule has 1 fully saturated rings. The summed E-state index contributed by atoms with van der Waals surface area (Å²) in [5.41, 5.74) is 1.65. The fourth-order valence-electron chi connectivity index (χ4n) is 3.34. The number of fused-ring (bicyclic) bond motifs is 3. The van der Waals surface area contributed by atoms with Crippen molar-refractivity contribution >= 4 is 33.8 Å². The van der Waals surface area contributed by atoms with E-state index in [0.717, 1.165) is 47.3 Å². The largest absolute Gasteiger partial charge is 0.354 e. The number of hydrogen-bond acceptors (Lipinski definition) is 5. The van der Waals surface area contributed by atoms with E-state index in [4.69, 9.17) is 0 Å². The number of carbonyl (C=O) groups is 1. The molecule has 0 bridgehead atoms. The Kier molecular flexibility index (Phi) is 3.87. The molecule has 1 aliphatic heterocycles. The Hall–Kier alpha value is -2.90. The fourth-order valence-corrected chi connectivity index (χ4v) is 3.34. The number of hydrogen-bond donors (Lipinski definition) is 3. The van der Waals surface area contributed by atoms with Crippen LogP contribution in [0.4, 0.5) is 10.6 Å². The summed E-state index contributed by atoms with van der Waals surface area (Å²) in [6.45, 7) is 5.47. The number of rotatable bonds is 3. The van der Waals surface area contributed by atoms with Crippen LogP contribution in [0, 0.1) is 0 Å². The molecule has 0 saturated carbocycles. The van der Waals surface area contributed by atoms with Gasteiger partial charge in [-0.1, -0.05) is 0 Å². The molecule has 3 aromatic rings. The highest BCUT2D eigenvalue weighted by molar-refractivity contribution is 6.08. The van der Waals surface area contributed by atoms with Crippen molar-refractivity contribution in [3.63, 3.8) is 0 Å². The van der Waals surface area contributed by atoms with Crippen molar-refractivity contribution in [1.82, 2.24) is 30.6 Å². The Labute approximate surface area is 145 Å². The molecule has 0 radical (unpaired) electrons. The van der Waals surface area contributed by atoms with Crippen molar-refractivity contribution in [2.75, 3.05) is 18.0 Å². The van der Waals surface area contributed by atoms with E-state index >= 15 is 0 Å². The molecular weight excluding hydrogens is 318 g/mol. The summed E-state index contributed by atoms with van der Waals surface area (Å²) in [5, 5.41) is 7.92. The van der Waals surface area contributed by atoms with E-state index in [1.54, 1.807) is 18.7 Å². The lowest BCUT2D eigenvalue weighted by molar-refractivity contribution is 0.235. The molecule has 8 heteroatoms. The topological polar surface area (TPSA) is 98.8 Å². The van der Waals surface area contributed by atoms with E-state index in [0.29, 0.717) is 0 Å². The van der Waals surface area contributed by atoms with Crippen LogP contribution < -0.4 is 15.5 Å². The predicted molar refractivity (Wildman–Crippen MR) is 96.6 cm³/mol. The number of anilines is 1. The second-order valence-electron chi connectivity index (χ2n) is 6.66. The van der Waals surface area contributed by atoms with Crippen LogP contribution >= 0.6 is 0 Å². The molecule has 25 heavy (non-hydrogen) atoms. The van der Waals surface area contributed by atoms with Gasteiger partial charge in [0.1, 0.15) is 5.82 Å². The zero-order valence-electron chi connectivity index (χ0n) is 14.3. The Bertz CT molecular complexity index is 920. The van der Waals surface area contributed by atoms with Crippen LogP contribution in [0.25, 0.3) is 21.9 Å². The maximum Gasteiger partial charge on any atom is 0.315 e. The molecule has 1 unspecified atom stereocenters. The summed E-state index contributed by atoms with van der Waals surface area (Å²) >= 11 is 0. The van der Waals surface area contributed by atoms with Crippen molar-refractivity contribution in [2.45, 2.75) is 32.4 Å². The lowest BCUT2D eigenvalue weighted by Gasteiger charge is -2.20. The van der Waals surface area contributed by atoms with Gasteiger partial charge in [0.2, 0.25) is 0 Å². The first kappa shape index (κ1) is 15.6. The van der Waals surface area contributed by atoms with Crippen LogP contribution in [-0.2, 0) is 0 Å². The number of H-pyrrole nitrogens is 1. The number of nitrogens with zero attached hydrogens (tertiary/aromatic N) is 4. The van der Waals surface area contributed by atoms with E-state index in [1.165, 1.54) is 0 Å². The number of aromatic amines is 1. The monoisotopic (exact) mass is 339 g/mol. The molecule has 8 nitrogen and oxygen atoms in total. The minimum atomic E-state index is -0.118. The molecule has 130 valence electrons. The molecular formula is C17H21N7O. The number of aromatic nitrogens is 4. The Morgan fingerprint density at radius 3 is 3.08 bits per heavy atom. The minimum Gasteiger partial charge on any atom is -0.354 e. The molecule has 1 saturated heterocycles. The van der Waals surface area contributed by atoms with Crippen LogP contribution in [0.3, 0.4) is 0 Å². The summed E-state index contributed by atoms with van der Waals surface area (Å²) in [5.74, 6) is 0.905. The van der Waals surface area contributed by atoms with E-state index in [1.807, 2.05) is 19.9 Å². The van der Waals surface area contributed by atoms with E-state index in [2.05, 4.69) is 35.5 Å². The average Bonchev–Trinajstić information content (AvgIpc) is 3.22. The van der Waals surface area contributed by atoms with Gasteiger partial charge < -0.3 is 20.5 Å². The van der Waals surface area contributed by atoms with Gasteiger partial charge in [-0.05, 0) is 26.3 Å². The average molecular weight is 339 g/mol. The Morgan fingerprint density at radius 1 is 1.36 bits per heavy atom. The molecule has 0 aromatic carbocycles. The second-order valence-corrected chi connectivity index (χ2v) is 6.66. The van der Waals surface area contributed by atoms with Gasteiger partial charge in [0.15, 0.2) is 5.65 Å². The van der Waals surface area contributed by atoms with Crippen molar-refractivity contribution < 1.29 is 4.79 Å². The summed E-state index contributed by atoms with van der Waals surface area (Å²) in [4.78, 5) is 30.5. The first-order chi connectivity index (χ1) is 12.1. The zero-order valence-corrected chi connectivity index (χ0v) is 14.3. The van der Waals surface area contributed by atoms with Gasteiger partial charge in [-0.25, -0.2) is 19.7 Å². The van der Waals surface area contributed by atoms with Crippen molar-refractivity contribution in [2.24, 2.45) is 0 Å². The standard InChI is InChI=1S/C17H21N7O/c1-10(2)22-17(25)23-11-4-6-24(8-11)16-14-12-3-5-18-15(12)19-7-13(14)20-9-21-16/h3,5,7,9-11H,4,6,8H2,1-2H3,(H,20,21)(H2,22,23,25). The Balaban J connectivity index is 1.60. The van der Waals surface area contributed by atoms with Gasteiger partial charge in [-0.2, -0.15) is 0 Å². The van der Waals surface area contributed by atoms with Crippen molar-refractivity contribution in [3.05, 3.63) is 24.8 Å². The third-order valence-electron chi connectivity index (χ3n) is 4.41. The fraction of sp³-hybridized carbons (Fsp3) is 0.412. The first-order valence-electron chi connectivity index (χ1n) is 8.50. The van der Waals surface area contributed by atoms with Gasteiger partial charge in [-0.3, -0.25) is 0 Å². The van der Waals surface area contributed by atoms with Gasteiger partial charge >= 0.3 is 6.03 Å². The molecule has 1 atom stereocenters. The number of urea groups is 1. The number of amides is 2. The normalized spacial score (nSPS) is 17.6. The quantitative estimate of drug-likeness (QED) is 0.676. The minimum absolute atomic E-state index is 0.106. The highest BCUT2D eigenvalue weighted by Crippen LogP contribution is 2.30. The highest BCUT2D eigenvalue weighted by atomic mass is 16.2. The summed E-state index contributed by atoms with van der Waals surface area (Å²) in [6.07, 6.45) is 6.13. The molecule has 1 aliphatic rings. The zero-order chi connectivity index (χ0) is 17.4. The van der Waals surface area contributed by atoms with Crippen molar-refractivity contribution in [3.8, 4) is 0 Å². The lowest BCUT2D eigenvalue weighted by Crippen LogP contribution is -2.45. The molecule has 4 heterocycles. The van der Waals surface area contributed by atoms with Gasteiger partial charge in [0, 0.05) is 36.8 Å². The van der Waals surface area contributed by atoms with Crippen LogP contribution in [0.15, 0.2) is 24.8 Å². The van der Waals surface area contributed by atoms with Crippen LogP contribution in [0.2, 0.25) is 0 Å². The number of carbonyl (C=O) groups excluding carboxylic acids is 1. The first-order valence-corrected chi connectivity index (χ1v) is 8.50. The van der Waals surface area contributed by atoms with Gasteiger partial charge in [0.05, 0.1) is 23.4 Å². The summed E-state index contributed by atoms with van der Waals surface area (Å²) in [7, 11) is 0. The summed E-state index contributed by atoms with van der Waals surface area (Å²) < 4.78 is 0. The maximum atomic E-state index is 11.9. The van der Waals surface area contributed by atoms with Gasteiger partial charge in [0.25, 0.3) is 0 Å². The predicted octanol–water partition coefficient (Wildman–Crippen LogP) is 1.79. The number of nitrogens with one attached hydrogen (secondary N) is 3. The van der Waals surface area contributed by atoms with Crippen LogP contribution in [0.1, 0.15) is 20.3 Å². The Morgan fingerprint density at radius 2 is 2.24 bits per heavy atom. The van der Waals surface area contributed by atoms with Crippen LogP contribution in [-0.4, -0.2) is 51.1 Å².